The maximum atomic E-state index is 14.0. The molecule has 0 radical (unpaired) electrons. The second-order valence-corrected chi connectivity index (χ2v) is 10.9. The number of carbonyl (C=O) groups excluding carboxylic acids is 1. The Bertz CT molecular complexity index is 1580. The molecule has 1 aliphatic rings. The summed E-state index contributed by atoms with van der Waals surface area (Å²) in [7, 11) is 1.58. The van der Waals surface area contributed by atoms with Gasteiger partial charge in [0.05, 0.1) is 24.4 Å². The number of benzene rings is 3. The van der Waals surface area contributed by atoms with Crippen molar-refractivity contribution in [3.05, 3.63) is 93.7 Å². The van der Waals surface area contributed by atoms with E-state index in [-0.39, 0.29) is 18.0 Å². The van der Waals surface area contributed by atoms with Crippen LogP contribution in [-0.2, 0) is 6.61 Å². The summed E-state index contributed by atoms with van der Waals surface area (Å²) in [6, 6.07) is 13.9. The fourth-order valence-electron chi connectivity index (χ4n) is 4.91. The minimum atomic E-state index is -0.477. The highest BCUT2D eigenvalue weighted by Crippen LogP contribution is 2.43. The quantitative estimate of drug-likeness (QED) is 0.190. The molecule has 39 heavy (non-hydrogen) atoms. The zero-order chi connectivity index (χ0) is 27.7. The standard InChI is InChI=1S/C31H29FN2O4S/c1-18-6-7-20(32)12-26(18)37-16-24-22(10-11-25-29(24)19(2)14-31(3,4)34-25)23-9-8-21(13-27(23)36-5)38-30(35)28-15-33-17-39-28/h6-15,17,34H,16H2,1-5H3. The van der Waals surface area contributed by atoms with Gasteiger partial charge in [0, 0.05) is 34.5 Å². The molecule has 1 aliphatic heterocycles. The lowest BCUT2D eigenvalue weighted by Gasteiger charge is -2.33. The van der Waals surface area contributed by atoms with Gasteiger partial charge in [-0.25, -0.2) is 9.18 Å². The predicted octanol–water partition coefficient (Wildman–Crippen LogP) is 7.67. The Labute approximate surface area is 231 Å². The molecule has 4 aromatic rings. The van der Waals surface area contributed by atoms with E-state index in [4.69, 9.17) is 14.2 Å². The smallest absolute Gasteiger partial charge is 0.355 e. The van der Waals surface area contributed by atoms with Crippen molar-refractivity contribution in [2.24, 2.45) is 0 Å². The molecule has 6 nitrogen and oxygen atoms in total. The molecule has 5 rings (SSSR count). The van der Waals surface area contributed by atoms with Crippen LogP contribution in [0.1, 0.15) is 47.1 Å². The van der Waals surface area contributed by atoms with Crippen LogP contribution >= 0.6 is 11.3 Å². The molecule has 0 saturated carbocycles. The Morgan fingerprint density at radius 3 is 2.59 bits per heavy atom. The lowest BCUT2D eigenvalue weighted by Crippen LogP contribution is -2.32. The molecule has 0 atom stereocenters. The van der Waals surface area contributed by atoms with Crippen molar-refractivity contribution < 1.29 is 23.4 Å². The number of rotatable bonds is 7. The summed E-state index contributed by atoms with van der Waals surface area (Å²) in [5, 5.41) is 3.59. The minimum Gasteiger partial charge on any atom is -0.496 e. The number of methoxy groups -OCH3 is 1. The number of nitrogens with one attached hydrogen (secondary N) is 1. The van der Waals surface area contributed by atoms with Gasteiger partial charge in [-0.05, 0) is 68.7 Å². The van der Waals surface area contributed by atoms with Crippen LogP contribution in [0.3, 0.4) is 0 Å². The topological polar surface area (TPSA) is 69.7 Å². The number of thiazole rings is 1. The van der Waals surface area contributed by atoms with Crippen LogP contribution in [0.2, 0.25) is 0 Å². The van der Waals surface area contributed by atoms with Gasteiger partial charge in [0.2, 0.25) is 0 Å². The van der Waals surface area contributed by atoms with E-state index in [9.17, 15) is 9.18 Å². The van der Waals surface area contributed by atoms with Crippen LogP contribution in [-0.4, -0.2) is 23.6 Å². The summed E-state index contributed by atoms with van der Waals surface area (Å²) in [5.74, 6) is 0.560. The van der Waals surface area contributed by atoms with Crippen molar-refractivity contribution in [1.29, 1.82) is 0 Å². The van der Waals surface area contributed by atoms with Gasteiger partial charge in [0.15, 0.2) is 0 Å². The first kappa shape index (κ1) is 26.4. The number of fused-ring (bicyclic) bond motifs is 1. The SMILES string of the molecule is COc1cc(OC(=O)c2cncs2)ccc1-c1ccc2c(c1COc1cc(F)ccc1C)C(C)=CC(C)(C)N2. The number of allylic oxidation sites excluding steroid dienone is 1. The van der Waals surface area contributed by atoms with Gasteiger partial charge in [0.1, 0.15) is 34.5 Å². The number of aromatic nitrogens is 1. The van der Waals surface area contributed by atoms with Crippen LogP contribution in [0.5, 0.6) is 17.2 Å². The number of hydrogen-bond donors (Lipinski definition) is 1. The molecule has 1 N–H and O–H groups in total. The maximum Gasteiger partial charge on any atom is 0.355 e. The first-order valence-electron chi connectivity index (χ1n) is 12.5. The van der Waals surface area contributed by atoms with Crippen LogP contribution in [0, 0.1) is 12.7 Å². The normalized spacial score (nSPS) is 13.6. The number of ether oxygens (including phenoxy) is 3. The van der Waals surface area contributed by atoms with E-state index in [1.54, 1.807) is 30.8 Å². The van der Waals surface area contributed by atoms with Gasteiger partial charge < -0.3 is 19.5 Å². The van der Waals surface area contributed by atoms with Crippen LogP contribution in [0.25, 0.3) is 16.7 Å². The van der Waals surface area contributed by atoms with E-state index in [1.807, 2.05) is 19.1 Å². The molecule has 200 valence electrons. The second kappa shape index (κ2) is 10.5. The average Bonchev–Trinajstić information content (AvgIpc) is 3.43. The number of aryl methyl sites for hydroxylation is 1. The Morgan fingerprint density at radius 1 is 1.05 bits per heavy atom. The fourth-order valence-corrected chi connectivity index (χ4v) is 5.41. The highest BCUT2D eigenvalue weighted by atomic mass is 32.1. The molecule has 1 aromatic heterocycles. The summed E-state index contributed by atoms with van der Waals surface area (Å²) in [6.45, 7) is 8.42. The molecular formula is C31H29FN2O4S. The molecule has 2 heterocycles. The van der Waals surface area contributed by atoms with Crippen molar-refractivity contribution >= 4 is 28.6 Å². The maximum absolute atomic E-state index is 14.0. The van der Waals surface area contributed by atoms with E-state index in [0.29, 0.717) is 22.1 Å². The van der Waals surface area contributed by atoms with Gasteiger partial charge >= 0.3 is 5.97 Å². The van der Waals surface area contributed by atoms with Crippen molar-refractivity contribution in [3.8, 4) is 28.4 Å². The van der Waals surface area contributed by atoms with Crippen molar-refractivity contribution in [2.45, 2.75) is 39.8 Å². The first-order chi connectivity index (χ1) is 18.6. The molecule has 0 saturated heterocycles. The molecule has 0 spiro atoms. The number of halogens is 1. The van der Waals surface area contributed by atoms with Crippen LogP contribution < -0.4 is 19.5 Å². The molecule has 0 amide bonds. The lowest BCUT2D eigenvalue weighted by molar-refractivity contribution is 0.0739. The fraction of sp³-hybridized carbons (Fsp3) is 0.226. The Balaban J connectivity index is 1.57. The van der Waals surface area contributed by atoms with E-state index in [2.05, 4.69) is 43.2 Å². The zero-order valence-electron chi connectivity index (χ0n) is 22.4. The summed E-state index contributed by atoms with van der Waals surface area (Å²) in [5.41, 5.74) is 7.99. The third kappa shape index (κ3) is 5.52. The largest absolute Gasteiger partial charge is 0.496 e. The average molecular weight is 545 g/mol. The van der Waals surface area contributed by atoms with E-state index < -0.39 is 5.97 Å². The number of hydrogen-bond acceptors (Lipinski definition) is 7. The third-order valence-corrected chi connectivity index (χ3v) is 7.32. The number of esters is 1. The summed E-state index contributed by atoms with van der Waals surface area (Å²) in [6.07, 6.45) is 3.67. The zero-order valence-corrected chi connectivity index (χ0v) is 23.2. The van der Waals surface area contributed by atoms with Gasteiger partial charge in [-0.2, -0.15) is 0 Å². The number of anilines is 1. The molecule has 3 aromatic carbocycles. The summed E-state index contributed by atoms with van der Waals surface area (Å²) >= 11 is 1.22. The highest BCUT2D eigenvalue weighted by Gasteiger charge is 2.27. The highest BCUT2D eigenvalue weighted by molar-refractivity contribution is 7.11. The van der Waals surface area contributed by atoms with Crippen LogP contribution in [0.4, 0.5) is 10.1 Å². The van der Waals surface area contributed by atoms with Crippen LogP contribution in [0.15, 0.2) is 66.3 Å². The lowest BCUT2D eigenvalue weighted by atomic mass is 9.85. The van der Waals surface area contributed by atoms with Crippen molar-refractivity contribution in [1.82, 2.24) is 4.98 Å². The van der Waals surface area contributed by atoms with Gasteiger partial charge in [0.25, 0.3) is 0 Å². The Morgan fingerprint density at radius 2 is 1.85 bits per heavy atom. The third-order valence-electron chi connectivity index (χ3n) is 6.57. The molecule has 0 bridgehead atoms. The number of carbonyl (C=O) groups is 1. The van der Waals surface area contributed by atoms with Gasteiger partial charge in [-0.1, -0.05) is 18.2 Å². The number of nitrogens with zero attached hydrogens (tertiary/aromatic N) is 1. The molecule has 0 unspecified atom stereocenters. The van der Waals surface area contributed by atoms with E-state index >= 15 is 0 Å². The van der Waals surface area contributed by atoms with Crippen molar-refractivity contribution in [2.75, 3.05) is 12.4 Å². The second-order valence-electron chi connectivity index (χ2n) is 10.0. The molecular weight excluding hydrogens is 515 g/mol. The predicted molar refractivity (Wildman–Crippen MR) is 152 cm³/mol. The Kier molecular flexibility index (Phi) is 7.14. The van der Waals surface area contributed by atoms with Gasteiger partial charge in [-0.15, -0.1) is 11.3 Å². The molecule has 0 fully saturated rings. The summed E-state index contributed by atoms with van der Waals surface area (Å²) < 4.78 is 31.5. The molecule has 8 heteroatoms. The molecule has 0 aliphatic carbocycles. The summed E-state index contributed by atoms with van der Waals surface area (Å²) in [4.78, 5) is 16.8. The first-order valence-corrected chi connectivity index (χ1v) is 13.3. The Hall–Kier alpha value is -4.17. The minimum absolute atomic E-state index is 0.210. The monoisotopic (exact) mass is 544 g/mol. The van der Waals surface area contributed by atoms with E-state index in [1.165, 1.54) is 29.7 Å². The van der Waals surface area contributed by atoms with Crippen molar-refractivity contribution in [3.63, 3.8) is 0 Å². The van der Waals surface area contributed by atoms with Gasteiger partial charge in [-0.3, -0.25) is 4.98 Å². The van der Waals surface area contributed by atoms with E-state index in [0.717, 1.165) is 39.1 Å².